The molecule has 0 amide bonds. The topological polar surface area (TPSA) is 69.5 Å². The average Bonchev–Trinajstić information content (AvgIpc) is 2.30. The Hall–Kier alpha value is -2.48. The van der Waals surface area contributed by atoms with Crippen molar-refractivity contribution in [1.29, 1.82) is 5.26 Å². The fourth-order valence-corrected chi connectivity index (χ4v) is 1.32. The van der Waals surface area contributed by atoms with E-state index < -0.39 is 5.56 Å². The molecular formula is C11H6FN3O. The van der Waals surface area contributed by atoms with Crippen molar-refractivity contribution in [2.75, 3.05) is 0 Å². The van der Waals surface area contributed by atoms with Crippen LogP contribution in [0, 0.1) is 17.1 Å². The Labute approximate surface area is 90.0 Å². The van der Waals surface area contributed by atoms with E-state index in [1.54, 1.807) is 0 Å². The number of nitrogens with one attached hydrogen (secondary N) is 1. The van der Waals surface area contributed by atoms with Gasteiger partial charge in [0.2, 0.25) is 0 Å². The number of hydrogen-bond donors (Lipinski definition) is 1. The largest absolute Gasteiger partial charge is 0.268 e. The van der Waals surface area contributed by atoms with Crippen LogP contribution >= 0.6 is 0 Å². The number of hydrogen-bond acceptors (Lipinski definition) is 3. The molecule has 0 saturated carbocycles. The van der Waals surface area contributed by atoms with Gasteiger partial charge in [-0.05, 0) is 24.3 Å². The van der Waals surface area contributed by atoms with Gasteiger partial charge in [-0.15, -0.1) is 0 Å². The summed E-state index contributed by atoms with van der Waals surface area (Å²) < 4.78 is 12.7. The van der Waals surface area contributed by atoms with E-state index in [2.05, 4.69) is 10.2 Å². The molecule has 0 bridgehead atoms. The van der Waals surface area contributed by atoms with Crippen molar-refractivity contribution in [3.63, 3.8) is 0 Å². The highest BCUT2D eigenvalue weighted by atomic mass is 19.1. The quantitative estimate of drug-likeness (QED) is 0.782. The minimum atomic E-state index is -0.442. The van der Waals surface area contributed by atoms with Crippen molar-refractivity contribution in [1.82, 2.24) is 10.2 Å². The Kier molecular flexibility index (Phi) is 2.48. The average molecular weight is 215 g/mol. The second-order valence-corrected chi connectivity index (χ2v) is 3.11. The molecule has 0 aliphatic rings. The molecule has 0 saturated heterocycles. The lowest BCUT2D eigenvalue weighted by molar-refractivity contribution is 0.628. The van der Waals surface area contributed by atoms with Crippen LogP contribution in [0.3, 0.4) is 0 Å². The lowest BCUT2D eigenvalue weighted by Gasteiger charge is -2.01. The third-order valence-electron chi connectivity index (χ3n) is 2.05. The van der Waals surface area contributed by atoms with Crippen LogP contribution in [0.25, 0.3) is 11.3 Å². The van der Waals surface area contributed by atoms with E-state index in [1.165, 1.54) is 24.3 Å². The molecule has 2 rings (SSSR count). The maximum Gasteiger partial charge on any atom is 0.265 e. The second kappa shape index (κ2) is 3.95. The molecule has 1 aromatic carbocycles. The fourth-order valence-electron chi connectivity index (χ4n) is 1.32. The Bertz CT molecular complexity index is 610. The molecule has 5 heteroatoms. The van der Waals surface area contributed by atoms with E-state index in [1.807, 2.05) is 6.07 Å². The number of rotatable bonds is 1. The molecule has 0 atom stereocenters. The van der Waals surface area contributed by atoms with Crippen LogP contribution in [-0.4, -0.2) is 10.2 Å². The van der Waals surface area contributed by atoms with Crippen molar-refractivity contribution in [2.24, 2.45) is 0 Å². The van der Waals surface area contributed by atoms with Crippen molar-refractivity contribution < 1.29 is 4.39 Å². The summed E-state index contributed by atoms with van der Waals surface area (Å²) in [6.07, 6.45) is 0. The van der Waals surface area contributed by atoms with Crippen LogP contribution in [0.4, 0.5) is 4.39 Å². The molecule has 0 unspecified atom stereocenters. The van der Waals surface area contributed by atoms with Gasteiger partial charge in [-0.2, -0.15) is 10.4 Å². The summed E-state index contributed by atoms with van der Waals surface area (Å²) in [5, 5.41) is 14.8. The maximum absolute atomic E-state index is 12.7. The Morgan fingerprint density at radius 1 is 1.31 bits per heavy atom. The molecule has 16 heavy (non-hydrogen) atoms. The molecule has 78 valence electrons. The van der Waals surface area contributed by atoms with Gasteiger partial charge in [0.1, 0.15) is 17.6 Å². The first-order valence-electron chi connectivity index (χ1n) is 4.46. The lowest BCUT2D eigenvalue weighted by Crippen LogP contribution is -2.08. The molecule has 0 spiro atoms. The molecule has 0 aliphatic carbocycles. The maximum atomic E-state index is 12.7. The molecule has 0 radical (unpaired) electrons. The summed E-state index contributed by atoms with van der Waals surface area (Å²) in [7, 11) is 0. The van der Waals surface area contributed by atoms with Gasteiger partial charge < -0.3 is 0 Å². The van der Waals surface area contributed by atoms with E-state index in [0.29, 0.717) is 11.3 Å². The highest BCUT2D eigenvalue weighted by molar-refractivity contribution is 5.65. The van der Waals surface area contributed by atoms with Gasteiger partial charge in [-0.25, -0.2) is 9.49 Å². The van der Waals surface area contributed by atoms with Crippen LogP contribution in [-0.2, 0) is 0 Å². The lowest BCUT2D eigenvalue weighted by atomic mass is 10.1. The highest BCUT2D eigenvalue weighted by Crippen LogP contribution is 2.18. The van der Waals surface area contributed by atoms with Crippen LogP contribution in [0.1, 0.15) is 5.56 Å². The number of benzene rings is 1. The van der Waals surface area contributed by atoms with E-state index in [-0.39, 0.29) is 11.4 Å². The predicted molar refractivity (Wildman–Crippen MR) is 55.0 cm³/mol. The van der Waals surface area contributed by atoms with Crippen LogP contribution in [0.15, 0.2) is 35.1 Å². The minimum Gasteiger partial charge on any atom is -0.268 e. The molecule has 1 N–H and O–H groups in total. The Balaban J connectivity index is 2.61. The van der Waals surface area contributed by atoms with Crippen LogP contribution in [0.2, 0.25) is 0 Å². The van der Waals surface area contributed by atoms with Crippen molar-refractivity contribution in [3.8, 4) is 17.3 Å². The summed E-state index contributed by atoms with van der Waals surface area (Å²) in [6, 6.07) is 8.56. The highest BCUT2D eigenvalue weighted by Gasteiger charge is 2.07. The monoisotopic (exact) mass is 215 g/mol. The number of nitriles is 1. The van der Waals surface area contributed by atoms with Gasteiger partial charge >= 0.3 is 0 Å². The van der Waals surface area contributed by atoms with E-state index in [9.17, 15) is 9.18 Å². The van der Waals surface area contributed by atoms with Crippen LogP contribution in [0.5, 0.6) is 0 Å². The number of halogens is 1. The van der Waals surface area contributed by atoms with Crippen molar-refractivity contribution >= 4 is 0 Å². The van der Waals surface area contributed by atoms with Gasteiger partial charge in [0, 0.05) is 11.6 Å². The smallest absolute Gasteiger partial charge is 0.265 e. The zero-order valence-electron chi connectivity index (χ0n) is 8.07. The Morgan fingerprint density at radius 2 is 2.00 bits per heavy atom. The first-order chi connectivity index (χ1) is 7.70. The third-order valence-corrected chi connectivity index (χ3v) is 2.05. The van der Waals surface area contributed by atoms with Crippen molar-refractivity contribution in [2.45, 2.75) is 0 Å². The molecule has 4 nitrogen and oxygen atoms in total. The Morgan fingerprint density at radius 3 is 2.62 bits per heavy atom. The van der Waals surface area contributed by atoms with Gasteiger partial charge in [0.05, 0.1) is 5.56 Å². The van der Waals surface area contributed by atoms with Gasteiger partial charge in [0.15, 0.2) is 0 Å². The molecule has 1 heterocycles. The van der Waals surface area contributed by atoms with Crippen molar-refractivity contribution in [3.05, 3.63) is 52.1 Å². The number of aromatic amines is 1. The number of nitrogens with zero attached hydrogens (tertiary/aromatic N) is 2. The zero-order valence-corrected chi connectivity index (χ0v) is 8.07. The summed E-state index contributed by atoms with van der Waals surface area (Å²) in [6.45, 7) is 0. The summed E-state index contributed by atoms with van der Waals surface area (Å²) in [4.78, 5) is 11.0. The van der Waals surface area contributed by atoms with E-state index in [4.69, 9.17) is 5.26 Å². The molecular weight excluding hydrogens is 209 g/mol. The van der Waals surface area contributed by atoms with E-state index >= 15 is 0 Å². The normalized spacial score (nSPS) is 9.75. The molecule has 2 aromatic rings. The molecule has 0 aliphatic heterocycles. The zero-order chi connectivity index (χ0) is 11.5. The third kappa shape index (κ3) is 1.81. The van der Waals surface area contributed by atoms with Gasteiger partial charge in [-0.1, -0.05) is 0 Å². The second-order valence-electron chi connectivity index (χ2n) is 3.11. The summed E-state index contributed by atoms with van der Waals surface area (Å²) in [5.74, 6) is -0.369. The van der Waals surface area contributed by atoms with E-state index in [0.717, 1.165) is 6.07 Å². The number of H-pyrrole nitrogens is 1. The predicted octanol–water partition coefficient (Wildman–Crippen LogP) is 1.45. The minimum absolute atomic E-state index is 0.162. The van der Waals surface area contributed by atoms with Gasteiger partial charge in [-0.3, -0.25) is 4.79 Å². The SMILES string of the molecule is N#Cc1cc(=O)[nH]nc1-c1ccc(F)cc1. The molecule has 1 aromatic heterocycles. The van der Waals surface area contributed by atoms with Crippen LogP contribution < -0.4 is 5.56 Å². The first kappa shape index (κ1) is 10.1. The standard InChI is InChI=1S/C11H6FN3O/c12-9-3-1-7(2-4-9)11-8(6-13)5-10(16)14-15-11/h1-5H,(H,14,16). The fraction of sp³-hybridized carbons (Fsp3) is 0. The number of aromatic nitrogens is 2. The first-order valence-corrected chi connectivity index (χ1v) is 4.46. The van der Waals surface area contributed by atoms with Gasteiger partial charge in [0.25, 0.3) is 5.56 Å². The summed E-state index contributed by atoms with van der Waals surface area (Å²) >= 11 is 0. The summed E-state index contributed by atoms with van der Waals surface area (Å²) in [5.41, 5.74) is 0.633. The molecule has 0 fully saturated rings.